The van der Waals surface area contributed by atoms with E-state index in [1.165, 1.54) is 16.3 Å². The maximum absolute atomic E-state index is 4.68. The first kappa shape index (κ1) is 14.2. The minimum atomic E-state index is 0.142. The number of aromatic nitrogens is 3. The van der Waals surface area contributed by atoms with Gasteiger partial charge in [-0.15, -0.1) is 11.3 Å². The molecular weight excluding hydrogens is 256 g/mol. The maximum Gasteiger partial charge on any atom is 0.0982 e. The van der Waals surface area contributed by atoms with Crippen LogP contribution in [0.5, 0.6) is 0 Å². The van der Waals surface area contributed by atoms with Gasteiger partial charge in [0.05, 0.1) is 16.9 Å². The molecule has 19 heavy (non-hydrogen) atoms. The monoisotopic (exact) mass is 278 g/mol. The first-order chi connectivity index (χ1) is 8.88. The standard InChI is InChI=1S/C14H22N4S/c1-10-11(7-16-18(10)5)6-15-8-12-9-19-13(17-12)14(2,3)4/h7,9,15H,6,8H2,1-5H3. The van der Waals surface area contributed by atoms with Crippen LogP contribution in [0.1, 0.15) is 42.7 Å². The van der Waals surface area contributed by atoms with E-state index in [2.05, 4.69) is 48.5 Å². The van der Waals surface area contributed by atoms with Gasteiger partial charge in [0.1, 0.15) is 0 Å². The number of hydrogen-bond acceptors (Lipinski definition) is 4. The molecule has 2 aromatic heterocycles. The summed E-state index contributed by atoms with van der Waals surface area (Å²) >= 11 is 1.74. The molecule has 5 heteroatoms. The average molecular weight is 278 g/mol. The van der Waals surface area contributed by atoms with Crippen LogP contribution in [0, 0.1) is 6.92 Å². The van der Waals surface area contributed by atoms with Crippen molar-refractivity contribution in [2.24, 2.45) is 7.05 Å². The van der Waals surface area contributed by atoms with Gasteiger partial charge < -0.3 is 5.32 Å². The van der Waals surface area contributed by atoms with Gasteiger partial charge in [0.25, 0.3) is 0 Å². The summed E-state index contributed by atoms with van der Waals surface area (Å²) in [5.41, 5.74) is 3.72. The van der Waals surface area contributed by atoms with Gasteiger partial charge in [-0.25, -0.2) is 4.98 Å². The van der Waals surface area contributed by atoms with Crippen LogP contribution in [0.4, 0.5) is 0 Å². The first-order valence-corrected chi connectivity index (χ1v) is 7.39. The fourth-order valence-electron chi connectivity index (χ4n) is 1.78. The van der Waals surface area contributed by atoms with Crippen molar-refractivity contribution in [3.05, 3.63) is 33.5 Å². The highest BCUT2D eigenvalue weighted by Crippen LogP contribution is 2.25. The Morgan fingerprint density at radius 3 is 2.58 bits per heavy atom. The molecule has 0 aliphatic carbocycles. The lowest BCUT2D eigenvalue weighted by atomic mass is 9.98. The molecule has 0 spiro atoms. The summed E-state index contributed by atoms with van der Waals surface area (Å²) in [6.07, 6.45) is 1.92. The van der Waals surface area contributed by atoms with Crippen molar-refractivity contribution in [3.63, 3.8) is 0 Å². The summed E-state index contributed by atoms with van der Waals surface area (Å²) in [6.45, 7) is 10.3. The van der Waals surface area contributed by atoms with Crippen LogP contribution in [0.15, 0.2) is 11.6 Å². The summed E-state index contributed by atoms with van der Waals surface area (Å²) < 4.78 is 1.90. The van der Waals surface area contributed by atoms with Gasteiger partial charge in [0, 0.05) is 42.2 Å². The third-order valence-corrected chi connectivity index (χ3v) is 4.47. The van der Waals surface area contributed by atoms with Crippen molar-refractivity contribution >= 4 is 11.3 Å². The molecule has 0 bridgehead atoms. The van der Waals surface area contributed by atoms with Crippen LogP contribution >= 0.6 is 11.3 Å². The smallest absolute Gasteiger partial charge is 0.0982 e. The third kappa shape index (κ3) is 3.42. The predicted octanol–water partition coefficient (Wildman–Crippen LogP) is 2.77. The van der Waals surface area contributed by atoms with E-state index in [1.807, 2.05) is 17.9 Å². The second-order valence-corrected chi connectivity index (χ2v) is 6.73. The number of thiazole rings is 1. The molecule has 2 rings (SSSR count). The molecule has 0 unspecified atom stereocenters. The van der Waals surface area contributed by atoms with Gasteiger partial charge in [-0.05, 0) is 6.92 Å². The van der Waals surface area contributed by atoms with Crippen molar-refractivity contribution < 1.29 is 0 Å². The molecule has 0 fully saturated rings. The lowest BCUT2D eigenvalue weighted by Crippen LogP contribution is -2.15. The quantitative estimate of drug-likeness (QED) is 0.935. The molecule has 4 nitrogen and oxygen atoms in total. The molecule has 0 saturated carbocycles. The number of nitrogens with one attached hydrogen (secondary N) is 1. The van der Waals surface area contributed by atoms with Crippen LogP contribution in [0.25, 0.3) is 0 Å². The van der Waals surface area contributed by atoms with Crippen molar-refractivity contribution in [2.75, 3.05) is 0 Å². The zero-order valence-corrected chi connectivity index (χ0v) is 13.1. The molecule has 0 atom stereocenters. The highest BCUT2D eigenvalue weighted by atomic mass is 32.1. The Balaban J connectivity index is 1.89. The van der Waals surface area contributed by atoms with Crippen LogP contribution in [0.2, 0.25) is 0 Å². The predicted molar refractivity (Wildman–Crippen MR) is 79.3 cm³/mol. The Bertz CT molecular complexity index is 548. The van der Waals surface area contributed by atoms with Gasteiger partial charge in [0.2, 0.25) is 0 Å². The summed E-state index contributed by atoms with van der Waals surface area (Å²) in [4.78, 5) is 4.68. The van der Waals surface area contributed by atoms with Crippen LogP contribution in [0.3, 0.4) is 0 Å². The minimum Gasteiger partial charge on any atom is -0.307 e. The Hall–Kier alpha value is -1.20. The van der Waals surface area contributed by atoms with Crippen molar-refractivity contribution in [1.82, 2.24) is 20.1 Å². The molecule has 2 heterocycles. The molecule has 2 aromatic rings. The van der Waals surface area contributed by atoms with Gasteiger partial charge in [-0.3, -0.25) is 4.68 Å². The summed E-state index contributed by atoms with van der Waals surface area (Å²) in [6, 6.07) is 0. The highest BCUT2D eigenvalue weighted by molar-refractivity contribution is 7.09. The second kappa shape index (κ2) is 5.43. The Morgan fingerprint density at radius 1 is 1.32 bits per heavy atom. The van der Waals surface area contributed by atoms with E-state index in [9.17, 15) is 0 Å². The van der Waals surface area contributed by atoms with Gasteiger partial charge in [0.15, 0.2) is 0 Å². The minimum absolute atomic E-state index is 0.142. The highest BCUT2D eigenvalue weighted by Gasteiger charge is 2.17. The van der Waals surface area contributed by atoms with E-state index < -0.39 is 0 Å². The normalized spacial score (nSPS) is 12.1. The van der Waals surface area contributed by atoms with E-state index in [0.29, 0.717) is 0 Å². The van der Waals surface area contributed by atoms with E-state index in [4.69, 9.17) is 0 Å². The van der Waals surface area contributed by atoms with E-state index in [1.54, 1.807) is 11.3 Å². The largest absolute Gasteiger partial charge is 0.307 e. The number of nitrogens with zero attached hydrogens (tertiary/aromatic N) is 3. The van der Waals surface area contributed by atoms with E-state index in [-0.39, 0.29) is 5.41 Å². The molecule has 104 valence electrons. The SMILES string of the molecule is Cc1c(CNCc2csc(C(C)(C)C)n2)cnn1C. The summed E-state index contributed by atoms with van der Waals surface area (Å²) in [5.74, 6) is 0. The third-order valence-electron chi connectivity index (χ3n) is 3.15. The molecule has 0 radical (unpaired) electrons. The fourth-order valence-corrected chi connectivity index (χ4v) is 2.68. The lowest BCUT2D eigenvalue weighted by molar-refractivity contribution is 0.579. The lowest BCUT2D eigenvalue weighted by Gasteiger charge is -2.13. The number of hydrogen-bond donors (Lipinski definition) is 1. The van der Waals surface area contributed by atoms with Crippen molar-refractivity contribution in [1.29, 1.82) is 0 Å². The molecule has 1 N–H and O–H groups in total. The zero-order valence-electron chi connectivity index (χ0n) is 12.3. The van der Waals surface area contributed by atoms with Gasteiger partial charge >= 0.3 is 0 Å². The zero-order chi connectivity index (χ0) is 14.0. The van der Waals surface area contributed by atoms with Crippen molar-refractivity contribution in [2.45, 2.75) is 46.2 Å². The Kier molecular flexibility index (Phi) is 4.06. The molecule has 0 amide bonds. The molecule has 0 aromatic carbocycles. The summed E-state index contributed by atoms with van der Waals surface area (Å²) in [5, 5.41) is 11.0. The topological polar surface area (TPSA) is 42.7 Å². The van der Waals surface area contributed by atoms with E-state index in [0.717, 1.165) is 18.8 Å². The van der Waals surface area contributed by atoms with Gasteiger partial charge in [-0.1, -0.05) is 20.8 Å². The molecule has 0 aliphatic heterocycles. The van der Waals surface area contributed by atoms with Crippen molar-refractivity contribution in [3.8, 4) is 0 Å². The van der Waals surface area contributed by atoms with Crippen LogP contribution < -0.4 is 5.32 Å². The molecule has 0 saturated heterocycles. The van der Waals surface area contributed by atoms with E-state index >= 15 is 0 Å². The maximum atomic E-state index is 4.68. The number of rotatable bonds is 4. The van der Waals surface area contributed by atoms with Gasteiger partial charge in [-0.2, -0.15) is 5.10 Å². The Labute approximate surface area is 118 Å². The summed E-state index contributed by atoms with van der Waals surface area (Å²) in [7, 11) is 1.97. The Morgan fingerprint density at radius 2 is 2.05 bits per heavy atom. The first-order valence-electron chi connectivity index (χ1n) is 6.51. The average Bonchev–Trinajstić information content (AvgIpc) is 2.90. The fraction of sp³-hybridized carbons (Fsp3) is 0.571. The molecular formula is C14H22N4S. The second-order valence-electron chi connectivity index (χ2n) is 5.88. The van der Waals surface area contributed by atoms with Crippen LogP contribution in [-0.2, 0) is 25.6 Å². The molecule has 0 aliphatic rings. The number of aryl methyl sites for hydroxylation is 1. The van der Waals surface area contributed by atoms with Crippen LogP contribution in [-0.4, -0.2) is 14.8 Å².